The molecule has 2 rings (SSSR count). The Hall–Kier alpha value is -2.03. The second-order valence-electron chi connectivity index (χ2n) is 5.18. The fraction of sp³-hybridized carbons (Fsp3) is 0.353. The summed E-state index contributed by atoms with van der Waals surface area (Å²) in [6.45, 7) is 5.59. The smallest absolute Gasteiger partial charge is 0.313 e. The van der Waals surface area contributed by atoms with Crippen LogP contribution in [-0.4, -0.2) is 19.2 Å². The van der Waals surface area contributed by atoms with Crippen molar-refractivity contribution >= 4 is 16.7 Å². The average Bonchev–Trinajstić information content (AvgIpc) is 2.44. The third-order valence-corrected chi connectivity index (χ3v) is 3.28. The summed E-state index contributed by atoms with van der Waals surface area (Å²) in [4.78, 5) is 11.9. The van der Waals surface area contributed by atoms with Crippen LogP contribution in [0.15, 0.2) is 36.4 Å². The maximum Gasteiger partial charge on any atom is 0.313 e. The lowest BCUT2D eigenvalue weighted by Gasteiger charge is -2.14. The van der Waals surface area contributed by atoms with Gasteiger partial charge < -0.3 is 9.47 Å². The number of rotatable bonds is 4. The summed E-state index contributed by atoms with van der Waals surface area (Å²) < 4.78 is 10.5. The lowest BCUT2D eigenvalue weighted by molar-refractivity contribution is -0.148. The molecule has 0 amide bonds. The number of esters is 1. The van der Waals surface area contributed by atoms with Crippen LogP contribution in [0.3, 0.4) is 0 Å². The molecule has 0 aromatic heterocycles. The number of methoxy groups -OCH3 is 1. The van der Waals surface area contributed by atoms with Crippen molar-refractivity contribution in [2.24, 2.45) is 0 Å². The highest BCUT2D eigenvalue weighted by Crippen LogP contribution is 2.25. The van der Waals surface area contributed by atoms with E-state index in [1.807, 2.05) is 57.2 Å². The molecule has 2 aromatic rings. The standard InChI is InChI=1S/C17H20O3/c1-11(2)20-17(18)12(3)13-5-6-15-10-16(19-4)8-7-14(15)9-13/h5-12H,1-4H3/t12-/m0/s1. The fourth-order valence-corrected chi connectivity index (χ4v) is 2.11. The van der Waals surface area contributed by atoms with Gasteiger partial charge in [0, 0.05) is 0 Å². The third kappa shape index (κ3) is 3.10. The quantitative estimate of drug-likeness (QED) is 0.792. The van der Waals surface area contributed by atoms with E-state index in [-0.39, 0.29) is 18.0 Å². The van der Waals surface area contributed by atoms with Gasteiger partial charge in [0.15, 0.2) is 0 Å². The molecule has 106 valence electrons. The summed E-state index contributed by atoms with van der Waals surface area (Å²) in [5, 5.41) is 2.19. The molecule has 0 aliphatic heterocycles. The number of benzene rings is 2. The van der Waals surface area contributed by atoms with E-state index in [0.29, 0.717) is 0 Å². The van der Waals surface area contributed by atoms with Gasteiger partial charge in [-0.25, -0.2) is 0 Å². The Morgan fingerprint density at radius 2 is 1.65 bits per heavy atom. The number of hydrogen-bond donors (Lipinski definition) is 0. The molecule has 0 spiro atoms. The second kappa shape index (κ2) is 5.95. The van der Waals surface area contributed by atoms with Crippen LogP contribution in [-0.2, 0) is 9.53 Å². The van der Waals surface area contributed by atoms with Gasteiger partial charge in [0.2, 0.25) is 0 Å². The van der Waals surface area contributed by atoms with E-state index in [4.69, 9.17) is 9.47 Å². The molecule has 3 heteroatoms. The van der Waals surface area contributed by atoms with E-state index in [1.54, 1.807) is 7.11 Å². The Bertz CT molecular complexity index is 617. The first kappa shape index (κ1) is 14.4. The molecule has 1 atom stereocenters. The first-order valence-electron chi connectivity index (χ1n) is 6.79. The Morgan fingerprint density at radius 1 is 1.00 bits per heavy atom. The summed E-state index contributed by atoms with van der Waals surface area (Å²) in [5.74, 6) is 0.384. The summed E-state index contributed by atoms with van der Waals surface area (Å²) in [5.41, 5.74) is 0.966. The molecule has 0 saturated heterocycles. The average molecular weight is 272 g/mol. The van der Waals surface area contributed by atoms with Crippen LogP contribution >= 0.6 is 0 Å². The number of hydrogen-bond acceptors (Lipinski definition) is 3. The molecule has 0 bridgehead atoms. The van der Waals surface area contributed by atoms with Crippen molar-refractivity contribution in [1.82, 2.24) is 0 Å². The summed E-state index contributed by atoms with van der Waals surface area (Å²) in [6, 6.07) is 11.9. The van der Waals surface area contributed by atoms with Crippen LogP contribution in [0.2, 0.25) is 0 Å². The SMILES string of the molecule is COc1ccc2cc([C@H](C)C(=O)OC(C)C)ccc2c1. The van der Waals surface area contributed by atoms with Crippen molar-refractivity contribution in [3.8, 4) is 5.75 Å². The van der Waals surface area contributed by atoms with Crippen LogP contribution < -0.4 is 4.74 Å². The zero-order valence-corrected chi connectivity index (χ0v) is 12.3. The molecule has 2 aromatic carbocycles. The third-order valence-electron chi connectivity index (χ3n) is 3.28. The van der Waals surface area contributed by atoms with Crippen molar-refractivity contribution in [3.63, 3.8) is 0 Å². The van der Waals surface area contributed by atoms with Crippen LogP contribution in [0.5, 0.6) is 5.75 Å². The number of carbonyl (C=O) groups is 1. The van der Waals surface area contributed by atoms with Crippen LogP contribution in [0.1, 0.15) is 32.3 Å². The van der Waals surface area contributed by atoms with E-state index < -0.39 is 0 Å². The van der Waals surface area contributed by atoms with E-state index >= 15 is 0 Å². The fourth-order valence-electron chi connectivity index (χ4n) is 2.11. The number of ether oxygens (including phenoxy) is 2. The largest absolute Gasteiger partial charge is 0.497 e. The molecule has 0 radical (unpaired) electrons. The van der Waals surface area contributed by atoms with Gasteiger partial charge in [0.25, 0.3) is 0 Å². The summed E-state index contributed by atoms with van der Waals surface area (Å²) in [7, 11) is 1.65. The zero-order chi connectivity index (χ0) is 14.7. The molecule has 0 aliphatic rings. The monoisotopic (exact) mass is 272 g/mol. The predicted molar refractivity (Wildman–Crippen MR) is 80.1 cm³/mol. The van der Waals surface area contributed by atoms with Gasteiger partial charge in [-0.2, -0.15) is 0 Å². The molecular weight excluding hydrogens is 252 g/mol. The normalized spacial score (nSPS) is 12.4. The van der Waals surface area contributed by atoms with Crippen molar-refractivity contribution in [3.05, 3.63) is 42.0 Å². The lowest BCUT2D eigenvalue weighted by atomic mass is 9.98. The van der Waals surface area contributed by atoms with Crippen LogP contribution in [0.4, 0.5) is 0 Å². The maximum atomic E-state index is 11.9. The highest BCUT2D eigenvalue weighted by atomic mass is 16.5. The van der Waals surface area contributed by atoms with Crippen LogP contribution in [0, 0.1) is 0 Å². The van der Waals surface area contributed by atoms with Gasteiger partial charge in [0.1, 0.15) is 5.75 Å². The van der Waals surface area contributed by atoms with Gasteiger partial charge in [-0.3, -0.25) is 4.79 Å². The molecule has 0 heterocycles. The van der Waals surface area contributed by atoms with Crippen molar-refractivity contribution < 1.29 is 14.3 Å². The molecule has 0 aliphatic carbocycles. The Morgan fingerprint density at radius 3 is 2.30 bits per heavy atom. The summed E-state index contributed by atoms with van der Waals surface area (Å²) in [6.07, 6.45) is -0.0883. The highest BCUT2D eigenvalue weighted by molar-refractivity contribution is 5.86. The van der Waals surface area contributed by atoms with E-state index in [0.717, 1.165) is 22.1 Å². The Kier molecular flexibility index (Phi) is 4.28. The van der Waals surface area contributed by atoms with Gasteiger partial charge in [-0.1, -0.05) is 24.3 Å². The van der Waals surface area contributed by atoms with Gasteiger partial charge in [-0.05, 0) is 49.2 Å². The minimum Gasteiger partial charge on any atom is -0.497 e. The minimum absolute atomic E-state index is 0.0883. The molecule has 0 saturated carbocycles. The highest BCUT2D eigenvalue weighted by Gasteiger charge is 2.18. The van der Waals surface area contributed by atoms with E-state index in [2.05, 4.69) is 0 Å². The van der Waals surface area contributed by atoms with Gasteiger partial charge in [-0.15, -0.1) is 0 Å². The zero-order valence-electron chi connectivity index (χ0n) is 12.3. The van der Waals surface area contributed by atoms with Crippen molar-refractivity contribution in [2.45, 2.75) is 32.8 Å². The van der Waals surface area contributed by atoms with E-state index in [1.165, 1.54) is 0 Å². The number of fused-ring (bicyclic) bond motifs is 1. The van der Waals surface area contributed by atoms with Crippen LogP contribution in [0.25, 0.3) is 10.8 Å². The molecule has 20 heavy (non-hydrogen) atoms. The topological polar surface area (TPSA) is 35.5 Å². The first-order valence-corrected chi connectivity index (χ1v) is 6.79. The minimum atomic E-state index is -0.260. The summed E-state index contributed by atoms with van der Waals surface area (Å²) >= 11 is 0. The van der Waals surface area contributed by atoms with Gasteiger partial charge >= 0.3 is 5.97 Å². The first-order chi connectivity index (χ1) is 9.51. The lowest BCUT2D eigenvalue weighted by Crippen LogP contribution is -2.17. The van der Waals surface area contributed by atoms with E-state index in [9.17, 15) is 4.79 Å². The van der Waals surface area contributed by atoms with Crippen molar-refractivity contribution in [1.29, 1.82) is 0 Å². The Labute approximate surface area is 119 Å². The van der Waals surface area contributed by atoms with Crippen molar-refractivity contribution in [2.75, 3.05) is 7.11 Å². The molecular formula is C17H20O3. The predicted octanol–water partition coefficient (Wildman–Crippen LogP) is 3.90. The Balaban J connectivity index is 2.29. The molecule has 0 fully saturated rings. The van der Waals surface area contributed by atoms with Gasteiger partial charge in [0.05, 0.1) is 19.1 Å². The molecule has 0 unspecified atom stereocenters. The maximum absolute atomic E-state index is 11.9. The second-order valence-corrected chi connectivity index (χ2v) is 5.18. The molecule has 0 N–H and O–H groups in total. The molecule has 3 nitrogen and oxygen atoms in total. The number of carbonyl (C=O) groups excluding carboxylic acids is 1.